The molecular formula is C12H21N3O. The van der Waals surface area contributed by atoms with Crippen molar-refractivity contribution in [3.63, 3.8) is 0 Å². The van der Waals surface area contributed by atoms with Crippen LogP contribution < -0.4 is 5.73 Å². The summed E-state index contributed by atoms with van der Waals surface area (Å²) < 4.78 is 1.86. The molecule has 0 fully saturated rings. The number of Topliss-reactive ketones (excluding diaryl/α,β-unsaturated/α-hetero) is 1. The summed E-state index contributed by atoms with van der Waals surface area (Å²) in [6.07, 6.45) is 6.26. The van der Waals surface area contributed by atoms with E-state index in [-0.39, 0.29) is 5.78 Å². The molecule has 0 saturated carbocycles. The van der Waals surface area contributed by atoms with Gasteiger partial charge in [-0.25, -0.2) is 4.98 Å². The normalized spacial score (nSPS) is 12.7. The fraction of sp³-hybridized carbons (Fsp3) is 0.667. The minimum absolute atomic E-state index is 0.136. The van der Waals surface area contributed by atoms with Gasteiger partial charge in [-0.3, -0.25) is 4.79 Å². The number of rotatable bonds is 7. The highest BCUT2D eigenvalue weighted by Crippen LogP contribution is 2.13. The van der Waals surface area contributed by atoms with Gasteiger partial charge < -0.3 is 10.3 Å². The number of ketones is 1. The molecule has 2 N–H and O–H groups in total. The van der Waals surface area contributed by atoms with E-state index in [0.29, 0.717) is 31.1 Å². The fourth-order valence-corrected chi connectivity index (χ4v) is 1.79. The SMILES string of the molecule is CCCC(C)CC(=O)c1cn(CCN)cn1. The van der Waals surface area contributed by atoms with Gasteiger partial charge in [0.05, 0.1) is 6.33 Å². The monoisotopic (exact) mass is 223 g/mol. The molecular weight excluding hydrogens is 202 g/mol. The number of hydrogen-bond donors (Lipinski definition) is 1. The van der Waals surface area contributed by atoms with Crippen molar-refractivity contribution >= 4 is 5.78 Å². The molecule has 0 aliphatic heterocycles. The molecule has 0 bridgehead atoms. The summed E-state index contributed by atoms with van der Waals surface area (Å²) in [4.78, 5) is 15.9. The van der Waals surface area contributed by atoms with Crippen LogP contribution in [0.25, 0.3) is 0 Å². The third-order valence-corrected chi connectivity index (χ3v) is 2.62. The second-order valence-corrected chi connectivity index (χ2v) is 4.31. The Balaban J connectivity index is 2.52. The molecule has 1 aromatic rings. The van der Waals surface area contributed by atoms with E-state index in [4.69, 9.17) is 5.73 Å². The van der Waals surface area contributed by atoms with Crippen molar-refractivity contribution in [3.8, 4) is 0 Å². The van der Waals surface area contributed by atoms with Crippen LogP contribution in [0.5, 0.6) is 0 Å². The van der Waals surface area contributed by atoms with Gasteiger partial charge in [0.25, 0.3) is 0 Å². The van der Waals surface area contributed by atoms with Crippen LogP contribution in [0.15, 0.2) is 12.5 Å². The lowest BCUT2D eigenvalue weighted by Crippen LogP contribution is -2.09. The Hall–Kier alpha value is -1.16. The Bertz CT molecular complexity index is 333. The number of nitrogens with zero attached hydrogens (tertiary/aromatic N) is 2. The number of imidazole rings is 1. The van der Waals surface area contributed by atoms with Crippen LogP contribution in [0.2, 0.25) is 0 Å². The standard InChI is InChI=1S/C12H21N3O/c1-3-4-10(2)7-12(16)11-8-15(6-5-13)9-14-11/h8-10H,3-7,13H2,1-2H3. The highest BCUT2D eigenvalue weighted by atomic mass is 16.1. The number of carbonyl (C=O) groups is 1. The second kappa shape index (κ2) is 6.43. The molecule has 0 aromatic carbocycles. The fourth-order valence-electron chi connectivity index (χ4n) is 1.79. The lowest BCUT2D eigenvalue weighted by Gasteiger charge is -2.06. The summed E-state index contributed by atoms with van der Waals surface area (Å²) in [7, 11) is 0. The molecule has 4 nitrogen and oxygen atoms in total. The predicted octanol–water partition coefficient (Wildman–Crippen LogP) is 1.85. The van der Waals surface area contributed by atoms with Gasteiger partial charge in [0.15, 0.2) is 5.78 Å². The van der Waals surface area contributed by atoms with Crippen LogP contribution in [0.3, 0.4) is 0 Å². The summed E-state index contributed by atoms with van der Waals surface area (Å²) >= 11 is 0. The van der Waals surface area contributed by atoms with Gasteiger partial charge in [0, 0.05) is 25.7 Å². The van der Waals surface area contributed by atoms with Crippen LogP contribution in [-0.2, 0) is 6.54 Å². The van der Waals surface area contributed by atoms with Crippen molar-refractivity contribution in [2.75, 3.05) is 6.54 Å². The summed E-state index contributed by atoms with van der Waals surface area (Å²) in [6, 6.07) is 0. The van der Waals surface area contributed by atoms with Gasteiger partial charge in [-0.2, -0.15) is 0 Å². The van der Waals surface area contributed by atoms with E-state index in [9.17, 15) is 4.79 Å². The highest BCUT2D eigenvalue weighted by molar-refractivity contribution is 5.94. The van der Waals surface area contributed by atoms with Crippen molar-refractivity contribution < 1.29 is 4.79 Å². The summed E-state index contributed by atoms with van der Waals surface area (Å²) in [5.41, 5.74) is 6.00. The Labute approximate surface area is 96.9 Å². The highest BCUT2D eigenvalue weighted by Gasteiger charge is 2.13. The molecule has 90 valence electrons. The smallest absolute Gasteiger partial charge is 0.183 e. The Kier molecular flexibility index (Phi) is 5.19. The Morgan fingerprint density at radius 1 is 1.62 bits per heavy atom. The zero-order valence-electron chi connectivity index (χ0n) is 10.1. The van der Waals surface area contributed by atoms with Crippen molar-refractivity contribution in [3.05, 3.63) is 18.2 Å². The zero-order chi connectivity index (χ0) is 12.0. The van der Waals surface area contributed by atoms with Gasteiger partial charge in [0.2, 0.25) is 0 Å². The maximum Gasteiger partial charge on any atom is 0.183 e. The van der Waals surface area contributed by atoms with Crippen LogP contribution >= 0.6 is 0 Å². The van der Waals surface area contributed by atoms with E-state index in [2.05, 4.69) is 18.8 Å². The molecule has 1 rings (SSSR count). The van der Waals surface area contributed by atoms with Crippen LogP contribution in [0.4, 0.5) is 0 Å². The van der Waals surface area contributed by atoms with Gasteiger partial charge in [-0.15, -0.1) is 0 Å². The van der Waals surface area contributed by atoms with E-state index in [1.54, 1.807) is 12.5 Å². The van der Waals surface area contributed by atoms with Crippen molar-refractivity contribution in [2.45, 2.75) is 39.7 Å². The third kappa shape index (κ3) is 3.77. The number of hydrogen-bond acceptors (Lipinski definition) is 3. The quantitative estimate of drug-likeness (QED) is 0.718. The average Bonchev–Trinajstić information content (AvgIpc) is 2.67. The van der Waals surface area contributed by atoms with Crippen LogP contribution in [0.1, 0.15) is 43.6 Å². The minimum atomic E-state index is 0.136. The molecule has 0 saturated heterocycles. The van der Waals surface area contributed by atoms with Crippen molar-refractivity contribution in [2.24, 2.45) is 11.7 Å². The molecule has 0 aliphatic rings. The van der Waals surface area contributed by atoms with E-state index in [1.165, 1.54) is 0 Å². The maximum absolute atomic E-state index is 11.8. The zero-order valence-corrected chi connectivity index (χ0v) is 10.1. The number of carbonyl (C=O) groups excluding carboxylic acids is 1. The van der Waals surface area contributed by atoms with Gasteiger partial charge in [-0.1, -0.05) is 26.7 Å². The molecule has 16 heavy (non-hydrogen) atoms. The number of aromatic nitrogens is 2. The van der Waals surface area contributed by atoms with Gasteiger partial charge in [-0.05, 0) is 5.92 Å². The largest absolute Gasteiger partial charge is 0.335 e. The first-order valence-corrected chi connectivity index (χ1v) is 5.92. The van der Waals surface area contributed by atoms with E-state index >= 15 is 0 Å². The van der Waals surface area contributed by atoms with Crippen LogP contribution in [-0.4, -0.2) is 21.9 Å². The first-order chi connectivity index (χ1) is 7.67. The topological polar surface area (TPSA) is 60.9 Å². The van der Waals surface area contributed by atoms with E-state index in [0.717, 1.165) is 12.8 Å². The van der Waals surface area contributed by atoms with Crippen molar-refractivity contribution in [1.29, 1.82) is 0 Å². The molecule has 1 atom stereocenters. The molecule has 0 amide bonds. The Morgan fingerprint density at radius 3 is 3.00 bits per heavy atom. The lowest BCUT2D eigenvalue weighted by atomic mass is 9.99. The van der Waals surface area contributed by atoms with Gasteiger partial charge in [0.1, 0.15) is 5.69 Å². The lowest BCUT2D eigenvalue weighted by molar-refractivity contribution is 0.0958. The summed E-state index contributed by atoms with van der Waals surface area (Å²) in [5, 5.41) is 0. The van der Waals surface area contributed by atoms with Crippen molar-refractivity contribution in [1.82, 2.24) is 9.55 Å². The molecule has 1 heterocycles. The maximum atomic E-state index is 11.8. The third-order valence-electron chi connectivity index (χ3n) is 2.62. The predicted molar refractivity (Wildman–Crippen MR) is 64.3 cm³/mol. The van der Waals surface area contributed by atoms with E-state index < -0.39 is 0 Å². The van der Waals surface area contributed by atoms with E-state index in [1.807, 2.05) is 4.57 Å². The minimum Gasteiger partial charge on any atom is -0.335 e. The second-order valence-electron chi connectivity index (χ2n) is 4.31. The molecule has 0 aliphatic carbocycles. The Morgan fingerprint density at radius 2 is 2.38 bits per heavy atom. The number of nitrogens with two attached hydrogens (primary N) is 1. The first kappa shape index (κ1) is 12.9. The molecule has 0 radical (unpaired) electrons. The molecule has 1 unspecified atom stereocenters. The van der Waals surface area contributed by atoms with Crippen LogP contribution in [0, 0.1) is 5.92 Å². The average molecular weight is 223 g/mol. The summed E-state index contributed by atoms with van der Waals surface area (Å²) in [6.45, 7) is 5.52. The molecule has 0 spiro atoms. The summed E-state index contributed by atoms with van der Waals surface area (Å²) in [5.74, 6) is 0.578. The first-order valence-electron chi connectivity index (χ1n) is 5.92. The molecule has 1 aromatic heterocycles. The van der Waals surface area contributed by atoms with Gasteiger partial charge >= 0.3 is 0 Å². The molecule has 4 heteroatoms.